The van der Waals surface area contributed by atoms with Gasteiger partial charge in [0, 0.05) is 10.5 Å². The average molecular weight is 411 g/mol. The lowest BCUT2D eigenvalue weighted by atomic mass is 10.1. The van der Waals surface area contributed by atoms with E-state index in [0.717, 1.165) is 12.1 Å². The van der Waals surface area contributed by atoms with Crippen LogP contribution in [-0.2, 0) is 10.0 Å². The lowest BCUT2D eigenvalue weighted by Crippen LogP contribution is -2.27. The highest BCUT2D eigenvalue weighted by Crippen LogP contribution is 2.26. The minimum absolute atomic E-state index is 0.0550. The van der Waals surface area contributed by atoms with Crippen molar-refractivity contribution in [3.63, 3.8) is 0 Å². The molecule has 0 radical (unpaired) electrons. The van der Waals surface area contributed by atoms with Crippen LogP contribution in [0.1, 0.15) is 18.5 Å². The lowest BCUT2D eigenvalue weighted by Gasteiger charge is -2.15. The molecule has 0 bridgehead atoms. The van der Waals surface area contributed by atoms with E-state index in [4.69, 9.17) is 11.6 Å². The Morgan fingerprint density at radius 2 is 1.82 bits per heavy atom. The zero-order valence-electron chi connectivity index (χ0n) is 11.3. The molecule has 0 aliphatic heterocycles. The third kappa shape index (κ3) is 3.84. The topological polar surface area (TPSA) is 46.2 Å². The molecule has 118 valence electrons. The summed E-state index contributed by atoms with van der Waals surface area (Å²) >= 11 is 9.12. The second-order valence-electron chi connectivity index (χ2n) is 4.59. The van der Waals surface area contributed by atoms with Gasteiger partial charge in [0.2, 0.25) is 10.0 Å². The Kier molecular flexibility index (Phi) is 5.21. The van der Waals surface area contributed by atoms with Crippen molar-refractivity contribution in [2.75, 3.05) is 0 Å². The van der Waals surface area contributed by atoms with Crippen LogP contribution in [0.15, 0.2) is 45.8 Å². The van der Waals surface area contributed by atoms with Crippen LogP contribution >= 0.6 is 27.5 Å². The Morgan fingerprint density at radius 3 is 2.41 bits per heavy atom. The summed E-state index contributed by atoms with van der Waals surface area (Å²) < 4.78 is 53.8. The molecule has 0 saturated carbocycles. The van der Waals surface area contributed by atoms with Gasteiger partial charge in [-0.3, -0.25) is 0 Å². The van der Waals surface area contributed by atoms with Gasteiger partial charge in [-0.05, 0) is 42.8 Å². The van der Waals surface area contributed by atoms with E-state index in [-0.39, 0.29) is 9.92 Å². The van der Waals surface area contributed by atoms with E-state index in [9.17, 15) is 17.2 Å². The molecule has 1 unspecified atom stereocenters. The third-order valence-corrected chi connectivity index (χ3v) is 5.48. The predicted octanol–water partition coefficient (Wildman–Crippen LogP) is 4.42. The monoisotopic (exact) mass is 409 g/mol. The number of halogens is 4. The maximum absolute atomic E-state index is 13.2. The first-order chi connectivity index (χ1) is 10.2. The molecule has 1 N–H and O–H groups in total. The number of hydrogen-bond acceptors (Lipinski definition) is 2. The van der Waals surface area contributed by atoms with Crippen LogP contribution in [0.2, 0.25) is 5.02 Å². The molecule has 0 aromatic heterocycles. The molecular weight excluding hydrogens is 400 g/mol. The Balaban J connectivity index is 2.29. The van der Waals surface area contributed by atoms with Crippen molar-refractivity contribution in [3.8, 4) is 0 Å². The molecular formula is C14H11BrClF2NO2S. The lowest BCUT2D eigenvalue weighted by molar-refractivity contribution is 0.504. The molecule has 0 heterocycles. The zero-order chi connectivity index (χ0) is 16.5. The van der Waals surface area contributed by atoms with Crippen LogP contribution in [0.3, 0.4) is 0 Å². The molecule has 22 heavy (non-hydrogen) atoms. The zero-order valence-corrected chi connectivity index (χ0v) is 14.4. The molecule has 0 fully saturated rings. The van der Waals surface area contributed by atoms with Gasteiger partial charge in [0.1, 0.15) is 4.90 Å². The minimum atomic E-state index is -3.90. The molecule has 2 aromatic carbocycles. The van der Waals surface area contributed by atoms with Crippen molar-refractivity contribution in [2.45, 2.75) is 17.9 Å². The second kappa shape index (κ2) is 6.62. The van der Waals surface area contributed by atoms with E-state index in [2.05, 4.69) is 20.7 Å². The molecule has 2 rings (SSSR count). The second-order valence-corrected chi connectivity index (χ2v) is 7.60. The molecule has 0 aliphatic carbocycles. The van der Waals surface area contributed by atoms with Crippen LogP contribution in [0, 0.1) is 11.6 Å². The fourth-order valence-corrected chi connectivity index (χ4v) is 4.11. The summed E-state index contributed by atoms with van der Waals surface area (Å²) in [6.45, 7) is 1.52. The molecule has 8 heteroatoms. The average Bonchev–Trinajstić information content (AvgIpc) is 2.40. The Morgan fingerprint density at radius 1 is 1.14 bits per heavy atom. The summed E-state index contributed by atoms with van der Waals surface area (Å²) in [5, 5.41) is 0.0550. The SMILES string of the molecule is CC(NS(=O)(=O)c1ccc(Br)cc1Cl)c1ccc(F)c(F)c1. The highest BCUT2D eigenvalue weighted by molar-refractivity contribution is 9.10. The first-order valence-electron chi connectivity index (χ1n) is 6.13. The van der Waals surface area contributed by atoms with Gasteiger partial charge in [0.25, 0.3) is 0 Å². The maximum Gasteiger partial charge on any atom is 0.242 e. The highest BCUT2D eigenvalue weighted by atomic mass is 79.9. The van der Waals surface area contributed by atoms with Crippen LogP contribution in [0.4, 0.5) is 8.78 Å². The molecule has 0 aliphatic rings. The molecule has 3 nitrogen and oxygen atoms in total. The van der Waals surface area contributed by atoms with E-state index in [1.165, 1.54) is 25.1 Å². The van der Waals surface area contributed by atoms with Crippen molar-refractivity contribution >= 4 is 37.6 Å². The summed E-state index contributed by atoms with van der Waals surface area (Å²) in [5.74, 6) is -2.03. The smallest absolute Gasteiger partial charge is 0.207 e. The van der Waals surface area contributed by atoms with Crippen LogP contribution < -0.4 is 4.72 Å². The van der Waals surface area contributed by atoms with E-state index in [1.54, 1.807) is 6.07 Å². The molecule has 2 aromatic rings. The molecule has 1 atom stereocenters. The first kappa shape index (κ1) is 17.3. The van der Waals surface area contributed by atoms with Gasteiger partial charge in [0.05, 0.1) is 5.02 Å². The van der Waals surface area contributed by atoms with Gasteiger partial charge >= 0.3 is 0 Å². The van der Waals surface area contributed by atoms with Gasteiger partial charge in [-0.15, -0.1) is 0 Å². The fraction of sp³-hybridized carbons (Fsp3) is 0.143. The van der Waals surface area contributed by atoms with E-state index in [1.807, 2.05) is 0 Å². The first-order valence-corrected chi connectivity index (χ1v) is 8.78. The molecule has 0 spiro atoms. The van der Waals surface area contributed by atoms with Gasteiger partial charge in [0.15, 0.2) is 11.6 Å². The van der Waals surface area contributed by atoms with Gasteiger partial charge in [-0.25, -0.2) is 21.9 Å². The number of hydrogen-bond donors (Lipinski definition) is 1. The number of benzene rings is 2. The number of sulfonamides is 1. The van der Waals surface area contributed by atoms with Crippen LogP contribution in [-0.4, -0.2) is 8.42 Å². The van der Waals surface area contributed by atoms with Crippen molar-refractivity contribution in [1.82, 2.24) is 4.72 Å². The van der Waals surface area contributed by atoms with Crippen LogP contribution in [0.25, 0.3) is 0 Å². The van der Waals surface area contributed by atoms with Crippen molar-refractivity contribution in [2.24, 2.45) is 0 Å². The Labute approximate surface area is 140 Å². The summed E-state index contributed by atoms with van der Waals surface area (Å²) in [6, 6.07) is 6.82. The van der Waals surface area contributed by atoms with E-state index in [0.29, 0.717) is 10.0 Å². The minimum Gasteiger partial charge on any atom is -0.207 e. The molecule has 0 amide bonds. The highest BCUT2D eigenvalue weighted by Gasteiger charge is 2.21. The quantitative estimate of drug-likeness (QED) is 0.811. The van der Waals surface area contributed by atoms with E-state index >= 15 is 0 Å². The standard InChI is InChI=1S/C14H11BrClF2NO2S/c1-8(9-2-4-12(17)13(18)6-9)19-22(20,21)14-5-3-10(15)7-11(14)16/h2-8,19H,1H3. The number of nitrogens with one attached hydrogen (secondary N) is 1. The normalized spacial score (nSPS) is 13.1. The predicted molar refractivity (Wildman–Crippen MR) is 84.2 cm³/mol. The Bertz CT molecular complexity index is 814. The van der Waals surface area contributed by atoms with Crippen molar-refractivity contribution in [1.29, 1.82) is 0 Å². The maximum atomic E-state index is 13.2. The van der Waals surface area contributed by atoms with E-state index < -0.39 is 27.7 Å². The van der Waals surface area contributed by atoms with Crippen LogP contribution in [0.5, 0.6) is 0 Å². The summed E-state index contributed by atoms with van der Waals surface area (Å²) in [4.78, 5) is -0.0909. The summed E-state index contributed by atoms with van der Waals surface area (Å²) in [6.07, 6.45) is 0. The van der Waals surface area contributed by atoms with Crippen molar-refractivity contribution in [3.05, 3.63) is 63.1 Å². The van der Waals surface area contributed by atoms with Gasteiger partial charge < -0.3 is 0 Å². The van der Waals surface area contributed by atoms with Gasteiger partial charge in [-0.2, -0.15) is 0 Å². The summed E-state index contributed by atoms with van der Waals surface area (Å²) in [7, 11) is -3.90. The van der Waals surface area contributed by atoms with Crippen molar-refractivity contribution < 1.29 is 17.2 Å². The summed E-state index contributed by atoms with van der Waals surface area (Å²) in [5.41, 5.74) is 0.302. The fourth-order valence-electron chi connectivity index (χ4n) is 1.84. The largest absolute Gasteiger partial charge is 0.242 e. The Hall–Kier alpha value is -1.02. The number of rotatable bonds is 4. The third-order valence-electron chi connectivity index (χ3n) is 2.96. The van der Waals surface area contributed by atoms with Gasteiger partial charge in [-0.1, -0.05) is 33.6 Å². The molecule has 0 saturated heterocycles.